The molecule has 2 aromatic heterocycles. The number of hydrogen-bond donors (Lipinski definition) is 2. The lowest BCUT2D eigenvalue weighted by atomic mass is 9.62. The van der Waals surface area contributed by atoms with Crippen LogP contribution in [0.2, 0.25) is 0 Å². The number of halogens is 1. The van der Waals surface area contributed by atoms with E-state index in [1.807, 2.05) is 18.3 Å². The van der Waals surface area contributed by atoms with Gasteiger partial charge >= 0.3 is 0 Å². The van der Waals surface area contributed by atoms with E-state index < -0.39 is 5.91 Å². The van der Waals surface area contributed by atoms with E-state index in [4.69, 9.17) is 10.5 Å². The Labute approximate surface area is 165 Å². The molecular weight excluding hydrogens is 366 g/mol. The Morgan fingerprint density at radius 3 is 2.67 bits per heavy atom. The van der Waals surface area contributed by atoms with Gasteiger partial charge in [-0.25, -0.2) is 4.98 Å². The molecule has 1 saturated heterocycles. The Morgan fingerprint density at radius 1 is 1.33 bits per heavy atom. The van der Waals surface area contributed by atoms with Crippen molar-refractivity contribution in [1.82, 2.24) is 19.9 Å². The van der Waals surface area contributed by atoms with Gasteiger partial charge in [-0.15, -0.1) is 12.4 Å². The van der Waals surface area contributed by atoms with Crippen LogP contribution in [-0.2, 0) is 16.9 Å². The Morgan fingerprint density at radius 2 is 2.07 bits per heavy atom. The van der Waals surface area contributed by atoms with Gasteiger partial charge in [0.25, 0.3) is 5.91 Å². The minimum Gasteiger partial charge on any atom is -0.373 e. The summed E-state index contributed by atoms with van der Waals surface area (Å²) in [5.74, 6) is 1.21. The highest BCUT2D eigenvalue weighted by atomic mass is 35.5. The minimum absolute atomic E-state index is 0. The van der Waals surface area contributed by atoms with Gasteiger partial charge in [-0.1, -0.05) is 6.42 Å². The first kappa shape index (κ1) is 19.8. The van der Waals surface area contributed by atoms with Gasteiger partial charge in [0.15, 0.2) is 0 Å². The van der Waals surface area contributed by atoms with E-state index in [9.17, 15) is 4.79 Å². The fraction of sp³-hybridized carbons (Fsp3) is 0.526. The number of rotatable bonds is 5. The molecule has 1 amide bonds. The number of carbonyl (C=O) groups excluding carboxylic acids is 1. The largest absolute Gasteiger partial charge is 0.373 e. The Kier molecular flexibility index (Phi) is 5.83. The maximum Gasteiger partial charge on any atom is 0.267 e. The zero-order chi connectivity index (χ0) is 18.1. The van der Waals surface area contributed by atoms with Crippen LogP contribution in [0.1, 0.15) is 41.1 Å². The molecule has 1 aliphatic heterocycles. The second-order valence-corrected chi connectivity index (χ2v) is 7.35. The average molecular weight is 392 g/mol. The lowest BCUT2D eigenvalue weighted by Gasteiger charge is -2.55. The molecule has 0 unspecified atom stereocenters. The van der Waals surface area contributed by atoms with Crippen LogP contribution in [0.15, 0.2) is 30.7 Å². The number of piperidine rings is 1. The number of hydrogen-bond acceptors (Lipinski definition) is 5. The van der Waals surface area contributed by atoms with Crippen molar-refractivity contribution >= 4 is 18.3 Å². The van der Waals surface area contributed by atoms with Crippen molar-refractivity contribution in [3.63, 3.8) is 0 Å². The fourth-order valence-corrected chi connectivity index (χ4v) is 4.98. The van der Waals surface area contributed by atoms with Crippen LogP contribution < -0.4 is 5.73 Å². The van der Waals surface area contributed by atoms with Crippen molar-refractivity contribution in [3.8, 4) is 0 Å². The molecule has 0 aromatic carbocycles. The van der Waals surface area contributed by atoms with Gasteiger partial charge in [-0.3, -0.25) is 14.7 Å². The van der Waals surface area contributed by atoms with E-state index in [0.717, 1.165) is 43.9 Å². The number of carbonyl (C=O) groups is 1. The number of primary amides is 1. The van der Waals surface area contributed by atoms with Gasteiger partial charge in [0.2, 0.25) is 0 Å². The molecule has 8 heteroatoms. The van der Waals surface area contributed by atoms with Crippen LogP contribution in [0.5, 0.6) is 0 Å². The molecule has 0 radical (unpaired) electrons. The van der Waals surface area contributed by atoms with Crippen LogP contribution >= 0.6 is 12.4 Å². The molecule has 1 aliphatic carbocycles. The topological polar surface area (TPSA) is 97.1 Å². The fourth-order valence-electron chi connectivity index (χ4n) is 4.98. The SMILES string of the molecule is CO[C@]1(c2ccnc(C(N)=O)c2)[C@@H]2CCC[C@H]1CN(Cc1ncc[nH]1)C2.Cl. The lowest BCUT2D eigenvalue weighted by molar-refractivity contribution is -0.170. The van der Waals surface area contributed by atoms with E-state index in [0.29, 0.717) is 17.5 Å². The van der Waals surface area contributed by atoms with Gasteiger partial charge < -0.3 is 15.5 Å². The van der Waals surface area contributed by atoms with Gasteiger partial charge in [0, 0.05) is 50.6 Å². The number of imidazole rings is 1. The number of nitrogens with zero attached hydrogens (tertiary/aromatic N) is 3. The van der Waals surface area contributed by atoms with Gasteiger partial charge in [-0.05, 0) is 30.5 Å². The summed E-state index contributed by atoms with van der Waals surface area (Å²) in [6, 6.07) is 3.79. The number of fused-ring (bicyclic) bond motifs is 2. The number of nitrogens with one attached hydrogen (secondary N) is 1. The smallest absolute Gasteiger partial charge is 0.267 e. The Balaban J connectivity index is 0.00000210. The second-order valence-electron chi connectivity index (χ2n) is 7.35. The minimum atomic E-state index is -0.501. The number of nitrogens with two attached hydrogens (primary N) is 1. The molecule has 146 valence electrons. The van der Waals surface area contributed by atoms with E-state index >= 15 is 0 Å². The van der Waals surface area contributed by atoms with E-state index in [1.54, 1.807) is 19.5 Å². The van der Waals surface area contributed by atoms with Crippen LogP contribution in [0.25, 0.3) is 0 Å². The van der Waals surface area contributed by atoms with Crippen molar-refractivity contribution in [3.05, 3.63) is 47.8 Å². The van der Waals surface area contributed by atoms with Crippen LogP contribution in [0.3, 0.4) is 0 Å². The highest BCUT2D eigenvalue weighted by molar-refractivity contribution is 5.90. The highest BCUT2D eigenvalue weighted by Gasteiger charge is 2.53. The monoisotopic (exact) mass is 391 g/mol. The summed E-state index contributed by atoms with van der Waals surface area (Å²) in [7, 11) is 1.79. The number of H-pyrrole nitrogens is 1. The molecule has 4 rings (SSSR count). The Hall–Kier alpha value is -1.96. The summed E-state index contributed by atoms with van der Waals surface area (Å²) in [6.45, 7) is 2.71. The standard InChI is InChI=1S/C19H25N5O2.ClH/c1-26-19(13-5-6-21-16(9-13)18(20)25)14-3-2-4-15(19)11-24(10-14)12-17-22-7-8-23-17;/h5-9,14-15H,2-4,10-12H2,1H3,(H2,20,25)(H,22,23);1H/t14-,15+,19-;. The van der Waals surface area contributed by atoms with Crippen molar-refractivity contribution in [2.75, 3.05) is 20.2 Å². The molecule has 3 N–H and O–H groups in total. The maximum absolute atomic E-state index is 11.6. The predicted molar refractivity (Wildman–Crippen MR) is 103 cm³/mol. The van der Waals surface area contributed by atoms with Crippen LogP contribution in [-0.4, -0.2) is 46.0 Å². The quantitative estimate of drug-likeness (QED) is 0.813. The maximum atomic E-state index is 11.6. The molecule has 2 bridgehead atoms. The molecule has 2 fully saturated rings. The number of likely N-dealkylation sites (tertiary alicyclic amines) is 1. The molecule has 3 atom stereocenters. The molecule has 2 aliphatic rings. The number of pyridine rings is 1. The van der Waals surface area contributed by atoms with Gasteiger partial charge in [0.05, 0.1) is 6.54 Å². The van der Waals surface area contributed by atoms with Crippen molar-refractivity contribution in [1.29, 1.82) is 0 Å². The zero-order valence-corrected chi connectivity index (χ0v) is 16.2. The summed E-state index contributed by atoms with van der Waals surface area (Å²) in [5, 5.41) is 0. The second kappa shape index (κ2) is 7.96. The third-order valence-electron chi connectivity index (χ3n) is 6.00. The van der Waals surface area contributed by atoms with E-state index in [2.05, 4.69) is 19.9 Å². The lowest BCUT2D eigenvalue weighted by Crippen LogP contribution is -2.58. The van der Waals surface area contributed by atoms with Gasteiger partial charge in [-0.2, -0.15) is 0 Å². The molecule has 7 nitrogen and oxygen atoms in total. The molecule has 0 spiro atoms. The van der Waals surface area contributed by atoms with Crippen molar-refractivity contribution < 1.29 is 9.53 Å². The molecular formula is C19H26ClN5O2. The summed E-state index contributed by atoms with van der Waals surface area (Å²) in [5.41, 5.74) is 6.39. The normalized spacial score (nSPS) is 27.7. The van der Waals surface area contributed by atoms with Crippen LogP contribution in [0, 0.1) is 11.8 Å². The molecule has 3 heterocycles. The Bertz CT molecular complexity index is 768. The number of aromatic amines is 1. The third kappa shape index (κ3) is 3.47. The first-order valence-corrected chi connectivity index (χ1v) is 9.15. The van der Waals surface area contributed by atoms with E-state index in [-0.39, 0.29) is 18.0 Å². The number of amides is 1. The van der Waals surface area contributed by atoms with Crippen LogP contribution in [0.4, 0.5) is 0 Å². The highest BCUT2D eigenvalue weighted by Crippen LogP contribution is 2.51. The van der Waals surface area contributed by atoms with E-state index in [1.165, 1.54) is 6.42 Å². The zero-order valence-electron chi connectivity index (χ0n) is 15.4. The number of aromatic nitrogens is 3. The first-order chi connectivity index (χ1) is 12.6. The summed E-state index contributed by atoms with van der Waals surface area (Å²) >= 11 is 0. The molecule has 27 heavy (non-hydrogen) atoms. The first-order valence-electron chi connectivity index (χ1n) is 9.15. The number of methoxy groups -OCH3 is 1. The average Bonchev–Trinajstić information content (AvgIpc) is 3.14. The summed E-state index contributed by atoms with van der Waals surface area (Å²) < 4.78 is 6.22. The van der Waals surface area contributed by atoms with Crippen molar-refractivity contribution in [2.24, 2.45) is 17.6 Å². The molecule has 1 saturated carbocycles. The van der Waals surface area contributed by atoms with Gasteiger partial charge in [0.1, 0.15) is 17.1 Å². The third-order valence-corrected chi connectivity index (χ3v) is 6.00. The summed E-state index contributed by atoms with van der Waals surface area (Å²) in [6.07, 6.45) is 8.74. The molecule has 2 aromatic rings. The number of ether oxygens (including phenoxy) is 1. The van der Waals surface area contributed by atoms with Crippen molar-refractivity contribution in [2.45, 2.75) is 31.4 Å². The summed E-state index contributed by atoms with van der Waals surface area (Å²) in [4.78, 5) is 25.7. The predicted octanol–water partition coefficient (Wildman–Crippen LogP) is 2.10.